The smallest absolute Gasteiger partial charge is 0.195 e. The summed E-state index contributed by atoms with van der Waals surface area (Å²) in [6.45, 7) is 2.53. The minimum Gasteiger partial charge on any atom is -0.494 e. The van der Waals surface area contributed by atoms with Gasteiger partial charge in [0.1, 0.15) is 5.75 Å². The Morgan fingerprint density at radius 3 is 2.71 bits per heavy atom. The highest BCUT2D eigenvalue weighted by molar-refractivity contribution is 7.20. The van der Waals surface area contributed by atoms with Crippen molar-refractivity contribution in [2.75, 3.05) is 6.61 Å². The van der Waals surface area contributed by atoms with Crippen molar-refractivity contribution in [1.82, 2.24) is 4.98 Å². The Morgan fingerprint density at radius 1 is 1.14 bits per heavy atom. The molecule has 1 heterocycles. The largest absolute Gasteiger partial charge is 0.494 e. The molecule has 0 radical (unpaired) electrons. The van der Waals surface area contributed by atoms with E-state index in [0.29, 0.717) is 18.0 Å². The Bertz CT molecular complexity index is 746. The zero-order valence-electron chi connectivity index (χ0n) is 11.7. The first-order valence-corrected chi connectivity index (χ1v) is 7.69. The van der Waals surface area contributed by atoms with Crippen molar-refractivity contribution in [2.24, 2.45) is 0 Å². The average molecular weight is 297 g/mol. The summed E-state index contributed by atoms with van der Waals surface area (Å²) in [7, 11) is 0. The summed E-state index contributed by atoms with van der Waals surface area (Å²) < 4.78 is 6.60. The SMILES string of the molecule is CCOc1ccccc1CC(=O)c1nc2ccccc2s1. The van der Waals surface area contributed by atoms with Gasteiger partial charge >= 0.3 is 0 Å². The first-order valence-electron chi connectivity index (χ1n) is 6.87. The molecular formula is C17H15NO2S. The normalized spacial score (nSPS) is 10.7. The maximum Gasteiger partial charge on any atom is 0.195 e. The number of carbonyl (C=O) groups excluding carboxylic acids is 1. The molecule has 3 aromatic rings. The molecule has 3 nitrogen and oxygen atoms in total. The van der Waals surface area contributed by atoms with Gasteiger partial charge in [-0.05, 0) is 25.1 Å². The number of aromatic nitrogens is 1. The van der Waals surface area contributed by atoms with Crippen LogP contribution in [-0.4, -0.2) is 17.4 Å². The number of nitrogens with zero attached hydrogens (tertiary/aromatic N) is 1. The van der Waals surface area contributed by atoms with Crippen molar-refractivity contribution in [2.45, 2.75) is 13.3 Å². The van der Waals surface area contributed by atoms with Gasteiger partial charge in [0.15, 0.2) is 10.8 Å². The van der Waals surface area contributed by atoms with Gasteiger partial charge in [0.25, 0.3) is 0 Å². The van der Waals surface area contributed by atoms with Crippen molar-refractivity contribution >= 4 is 27.3 Å². The fourth-order valence-corrected chi connectivity index (χ4v) is 3.09. The third kappa shape index (κ3) is 2.95. The van der Waals surface area contributed by atoms with E-state index in [1.165, 1.54) is 11.3 Å². The molecular weight excluding hydrogens is 282 g/mol. The standard InChI is InChI=1S/C17H15NO2S/c1-2-20-15-9-5-3-7-12(15)11-14(19)17-18-13-8-4-6-10-16(13)21-17/h3-10H,2,11H2,1H3. The van der Waals surface area contributed by atoms with Gasteiger partial charge in [0, 0.05) is 12.0 Å². The molecule has 0 aliphatic rings. The molecule has 0 bridgehead atoms. The van der Waals surface area contributed by atoms with Crippen molar-refractivity contribution in [3.8, 4) is 5.75 Å². The van der Waals surface area contributed by atoms with Crippen LogP contribution in [0.3, 0.4) is 0 Å². The first kappa shape index (κ1) is 13.8. The van der Waals surface area contributed by atoms with E-state index in [-0.39, 0.29) is 5.78 Å². The van der Waals surface area contributed by atoms with Crippen LogP contribution >= 0.6 is 11.3 Å². The lowest BCUT2D eigenvalue weighted by Gasteiger charge is -2.08. The fourth-order valence-electron chi connectivity index (χ4n) is 2.19. The van der Waals surface area contributed by atoms with Crippen LogP contribution in [0.5, 0.6) is 5.75 Å². The highest BCUT2D eigenvalue weighted by Gasteiger charge is 2.15. The van der Waals surface area contributed by atoms with E-state index >= 15 is 0 Å². The number of ether oxygens (including phenoxy) is 1. The van der Waals surface area contributed by atoms with E-state index < -0.39 is 0 Å². The molecule has 0 saturated carbocycles. The number of hydrogen-bond acceptors (Lipinski definition) is 4. The van der Waals surface area contributed by atoms with Crippen LogP contribution in [0.2, 0.25) is 0 Å². The van der Waals surface area contributed by atoms with E-state index in [1.54, 1.807) is 0 Å². The van der Waals surface area contributed by atoms with E-state index in [2.05, 4.69) is 4.98 Å². The van der Waals surface area contributed by atoms with Crippen LogP contribution in [0.25, 0.3) is 10.2 Å². The maximum absolute atomic E-state index is 12.4. The third-order valence-electron chi connectivity index (χ3n) is 3.16. The molecule has 21 heavy (non-hydrogen) atoms. The maximum atomic E-state index is 12.4. The van der Waals surface area contributed by atoms with Crippen LogP contribution < -0.4 is 4.74 Å². The molecule has 0 spiro atoms. The van der Waals surface area contributed by atoms with Gasteiger partial charge in [-0.1, -0.05) is 30.3 Å². The van der Waals surface area contributed by atoms with Crippen LogP contribution in [0.1, 0.15) is 22.3 Å². The van der Waals surface area contributed by atoms with E-state index in [0.717, 1.165) is 21.5 Å². The topological polar surface area (TPSA) is 39.2 Å². The molecule has 0 fully saturated rings. The van der Waals surface area contributed by atoms with Crippen LogP contribution in [0, 0.1) is 0 Å². The predicted octanol–water partition coefficient (Wildman–Crippen LogP) is 4.12. The Kier molecular flexibility index (Phi) is 3.97. The Morgan fingerprint density at radius 2 is 1.90 bits per heavy atom. The van der Waals surface area contributed by atoms with Crippen molar-refractivity contribution < 1.29 is 9.53 Å². The van der Waals surface area contributed by atoms with Gasteiger partial charge in [-0.3, -0.25) is 4.79 Å². The summed E-state index contributed by atoms with van der Waals surface area (Å²) in [5.74, 6) is 0.804. The Balaban J connectivity index is 1.86. The number of thiazole rings is 1. The van der Waals surface area contributed by atoms with Crippen molar-refractivity contribution in [3.05, 3.63) is 59.1 Å². The number of hydrogen-bond donors (Lipinski definition) is 0. The Labute approximate surface area is 127 Å². The highest BCUT2D eigenvalue weighted by atomic mass is 32.1. The number of para-hydroxylation sites is 2. The molecule has 0 saturated heterocycles. The van der Waals surface area contributed by atoms with Gasteiger partial charge in [-0.2, -0.15) is 0 Å². The lowest BCUT2D eigenvalue weighted by molar-refractivity contribution is 0.0991. The number of ketones is 1. The summed E-state index contributed by atoms with van der Waals surface area (Å²) in [5.41, 5.74) is 1.78. The molecule has 0 unspecified atom stereocenters. The van der Waals surface area contributed by atoms with Crippen molar-refractivity contribution in [3.63, 3.8) is 0 Å². The minimum atomic E-state index is 0.0309. The predicted molar refractivity (Wildman–Crippen MR) is 85.3 cm³/mol. The number of Topliss-reactive ketones (excluding diaryl/α,β-unsaturated/α-hetero) is 1. The van der Waals surface area contributed by atoms with Crippen LogP contribution in [0.15, 0.2) is 48.5 Å². The molecule has 0 aliphatic carbocycles. The molecule has 2 aromatic carbocycles. The number of benzene rings is 2. The van der Waals surface area contributed by atoms with Crippen LogP contribution in [0.4, 0.5) is 0 Å². The molecule has 106 valence electrons. The molecule has 1 aromatic heterocycles. The number of rotatable bonds is 5. The number of fused-ring (bicyclic) bond motifs is 1. The summed E-state index contributed by atoms with van der Waals surface area (Å²) in [6, 6.07) is 15.5. The fraction of sp³-hybridized carbons (Fsp3) is 0.176. The summed E-state index contributed by atoms with van der Waals surface area (Å²) in [5, 5.41) is 0.558. The lowest BCUT2D eigenvalue weighted by Crippen LogP contribution is -2.05. The zero-order chi connectivity index (χ0) is 14.7. The van der Waals surface area contributed by atoms with Gasteiger partial charge in [0.05, 0.1) is 16.8 Å². The van der Waals surface area contributed by atoms with Crippen LogP contribution in [-0.2, 0) is 6.42 Å². The van der Waals surface area contributed by atoms with E-state index in [1.807, 2.05) is 55.5 Å². The summed E-state index contributed by atoms with van der Waals surface area (Å²) in [6.07, 6.45) is 0.315. The van der Waals surface area contributed by atoms with Crippen molar-refractivity contribution in [1.29, 1.82) is 0 Å². The molecule has 0 N–H and O–H groups in total. The average Bonchev–Trinajstić information content (AvgIpc) is 2.93. The first-order chi connectivity index (χ1) is 10.3. The van der Waals surface area contributed by atoms with Gasteiger partial charge < -0.3 is 4.74 Å². The van der Waals surface area contributed by atoms with Gasteiger partial charge in [0.2, 0.25) is 0 Å². The van der Waals surface area contributed by atoms with Gasteiger partial charge in [-0.15, -0.1) is 11.3 Å². The molecule has 0 aliphatic heterocycles. The zero-order valence-corrected chi connectivity index (χ0v) is 12.5. The third-order valence-corrected chi connectivity index (χ3v) is 4.23. The quantitative estimate of drug-likeness (QED) is 0.665. The molecule has 0 atom stereocenters. The lowest BCUT2D eigenvalue weighted by atomic mass is 10.1. The van der Waals surface area contributed by atoms with E-state index in [4.69, 9.17) is 4.74 Å². The summed E-state index contributed by atoms with van der Waals surface area (Å²) >= 11 is 1.44. The second-order valence-corrected chi connectivity index (χ2v) is 5.66. The number of carbonyl (C=O) groups is 1. The minimum absolute atomic E-state index is 0.0309. The monoisotopic (exact) mass is 297 g/mol. The molecule has 3 rings (SSSR count). The molecule has 4 heteroatoms. The van der Waals surface area contributed by atoms with Gasteiger partial charge in [-0.25, -0.2) is 4.98 Å². The summed E-state index contributed by atoms with van der Waals surface area (Å²) in [4.78, 5) is 16.8. The van der Waals surface area contributed by atoms with E-state index in [9.17, 15) is 4.79 Å². The molecule has 0 amide bonds. The second kappa shape index (κ2) is 6.06. The Hall–Kier alpha value is -2.20. The highest BCUT2D eigenvalue weighted by Crippen LogP contribution is 2.25. The second-order valence-electron chi connectivity index (χ2n) is 4.63.